The van der Waals surface area contributed by atoms with Gasteiger partial charge in [0.1, 0.15) is 0 Å². The van der Waals surface area contributed by atoms with Crippen molar-refractivity contribution in [3.05, 3.63) is 65.2 Å². The van der Waals surface area contributed by atoms with Crippen LogP contribution < -0.4 is 10.7 Å². The molecule has 0 aliphatic heterocycles. The van der Waals surface area contributed by atoms with Crippen LogP contribution in [0.1, 0.15) is 36.5 Å². The number of rotatable bonds is 4. The molecule has 0 aliphatic rings. The maximum atomic E-state index is 8.74. The number of anilines is 1. The van der Waals surface area contributed by atoms with Crippen molar-refractivity contribution in [1.29, 1.82) is 5.26 Å². The van der Waals surface area contributed by atoms with Crippen molar-refractivity contribution >= 4 is 29.2 Å². The average molecular weight is 322 g/mol. The van der Waals surface area contributed by atoms with Crippen LogP contribution in [0, 0.1) is 11.3 Å². The van der Waals surface area contributed by atoms with E-state index in [9.17, 15) is 0 Å². The number of nitrogens with zero attached hydrogens (tertiary/aromatic N) is 2. The third-order valence-corrected chi connectivity index (χ3v) is 3.45. The first-order valence-electron chi connectivity index (χ1n) is 7.28. The fourth-order valence-electron chi connectivity index (χ4n) is 1.92. The molecular formula is C18H18N4S. The van der Waals surface area contributed by atoms with E-state index >= 15 is 0 Å². The van der Waals surface area contributed by atoms with E-state index in [1.165, 1.54) is 5.56 Å². The fourth-order valence-corrected chi connectivity index (χ4v) is 2.09. The third-order valence-electron chi connectivity index (χ3n) is 3.25. The molecule has 0 saturated heterocycles. The summed E-state index contributed by atoms with van der Waals surface area (Å²) in [7, 11) is 0. The highest BCUT2D eigenvalue weighted by molar-refractivity contribution is 7.80. The Morgan fingerprint density at radius 2 is 1.78 bits per heavy atom. The van der Waals surface area contributed by atoms with Crippen LogP contribution in [0.5, 0.6) is 0 Å². The zero-order chi connectivity index (χ0) is 16.7. The molecule has 0 radical (unpaired) electrons. The quantitative estimate of drug-likeness (QED) is 0.507. The Labute approximate surface area is 141 Å². The Morgan fingerprint density at radius 3 is 2.35 bits per heavy atom. The molecule has 2 N–H and O–H groups in total. The van der Waals surface area contributed by atoms with Crippen molar-refractivity contribution in [3.63, 3.8) is 0 Å². The summed E-state index contributed by atoms with van der Waals surface area (Å²) in [4.78, 5) is 0. The van der Waals surface area contributed by atoms with Gasteiger partial charge in [0.25, 0.3) is 0 Å². The minimum Gasteiger partial charge on any atom is -0.331 e. The topological polar surface area (TPSA) is 60.2 Å². The molecule has 0 fully saturated rings. The van der Waals surface area contributed by atoms with Crippen molar-refractivity contribution in [2.24, 2.45) is 5.10 Å². The Kier molecular flexibility index (Phi) is 5.84. The summed E-state index contributed by atoms with van der Waals surface area (Å²) < 4.78 is 0. The first-order chi connectivity index (χ1) is 11.1. The van der Waals surface area contributed by atoms with Crippen LogP contribution in [-0.2, 0) is 0 Å². The van der Waals surface area contributed by atoms with E-state index in [1.807, 2.05) is 24.3 Å². The minimum absolute atomic E-state index is 0.423. The molecule has 0 amide bonds. The molecule has 116 valence electrons. The second-order valence-electron chi connectivity index (χ2n) is 5.33. The van der Waals surface area contributed by atoms with Gasteiger partial charge in [-0.3, -0.25) is 5.43 Å². The van der Waals surface area contributed by atoms with E-state index in [0.717, 1.165) is 11.3 Å². The monoisotopic (exact) mass is 322 g/mol. The van der Waals surface area contributed by atoms with Crippen molar-refractivity contribution in [3.8, 4) is 6.07 Å². The van der Waals surface area contributed by atoms with Gasteiger partial charge in [-0.2, -0.15) is 10.4 Å². The number of hydrogen-bond donors (Lipinski definition) is 2. The summed E-state index contributed by atoms with van der Waals surface area (Å²) in [5.74, 6) is 0.506. The number of benzene rings is 2. The molecule has 5 heteroatoms. The molecule has 0 heterocycles. The number of hydrazone groups is 1. The largest absolute Gasteiger partial charge is 0.331 e. The van der Waals surface area contributed by atoms with Crippen LogP contribution in [0.15, 0.2) is 53.6 Å². The van der Waals surface area contributed by atoms with Gasteiger partial charge in [-0.25, -0.2) is 0 Å². The van der Waals surface area contributed by atoms with E-state index in [1.54, 1.807) is 18.3 Å². The van der Waals surface area contributed by atoms with Crippen LogP contribution >= 0.6 is 12.2 Å². The van der Waals surface area contributed by atoms with Crippen LogP contribution in [0.25, 0.3) is 0 Å². The SMILES string of the molecule is CC(C)c1ccc(NC(=S)N/N=C\c2ccc(C#N)cc2)cc1. The first kappa shape index (κ1) is 16.7. The standard InChI is InChI=1S/C18H18N4S/c1-13(2)16-7-9-17(10-8-16)21-18(23)22-20-12-15-5-3-14(11-19)4-6-15/h3-10,12-13H,1-2H3,(H2,21,22,23)/b20-12-. The van der Waals surface area contributed by atoms with Gasteiger partial charge in [-0.05, 0) is 53.5 Å². The molecule has 2 aromatic rings. The van der Waals surface area contributed by atoms with E-state index in [2.05, 4.69) is 47.9 Å². The lowest BCUT2D eigenvalue weighted by Crippen LogP contribution is -2.23. The predicted octanol–water partition coefficient (Wildman–Crippen LogP) is 4.00. The minimum atomic E-state index is 0.423. The fraction of sp³-hybridized carbons (Fsp3) is 0.167. The van der Waals surface area contributed by atoms with Gasteiger partial charge in [0, 0.05) is 5.69 Å². The summed E-state index contributed by atoms with van der Waals surface area (Å²) in [6.45, 7) is 4.32. The molecule has 0 spiro atoms. The summed E-state index contributed by atoms with van der Waals surface area (Å²) in [5, 5.41) is 16.3. The normalized spacial score (nSPS) is 10.5. The van der Waals surface area contributed by atoms with Gasteiger partial charge in [0.2, 0.25) is 0 Å². The Hall–Kier alpha value is -2.71. The highest BCUT2D eigenvalue weighted by Gasteiger charge is 2.00. The second-order valence-corrected chi connectivity index (χ2v) is 5.74. The maximum Gasteiger partial charge on any atom is 0.191 e. The number of thiocarbonyl (C=S) groups is 1. The van der Waals surface area contributed by atoms with E-state index in [-0.39, 0.29) is 0 Å². The maximum absolute atomic E-state index is 8.74. The summed E-state index contributed by atoms with van der Waals surface area (Å²) in [6, 6.07) is 17.4. The summed E-state index contributed by atoms with van der Waals surface area (Å²) >= 11 is 5.20. The smallest absolute Gasteiger partial charge is 0.191 e. The molecule has 0 aromatic heterocycles. The van der Waals surface area contributed by atoms with Gasteiger partial charge >= 0.3 is 0 Å². The number of hydrogen-bond acceptors (Lipinski definition) is 3. The molecule has 4 nitrogen and oxygen atoms in total. The van der Waals surface area contributed by atoms with Crippen LogP contribution in [0.2, 0.25) is 0 Å². The highest BCUT2D eigenvalue weighted by atomic mass is 32.1. The lowest BCUT2D eigenvalue weighted by Gasteiger charge is -2.09. The van der Waals surface area contributed by atoms with Gasteiger partial charge in [0.15, 0.2) is 5.11 Å². The molecule has 0 bridgehead atoms. The van der Waals surface area contributed by atoms with Gasteiger partial charge in [-0.1, -0.05) is 38.1 Å². The van der Waals surface area contributed by atoms with Crippen molar-refractivity contribution in [2.45, 2.75) is 19.8 Å². The zero-order valence-corrected chi connectivity index (χ0v) is 13.9. The molecule has 0 saturated carbocycles. The first-order valence-corrected chi connectivity index (χ1v) is 7.69. The lowest BCUT2D eigenvalue weighted by molar-refractivity contribution is 0.867. The summed E-state index contributed by atoms with van der Waals surface area (Å²) in [6.07, 6.45) is 1.65. The van der Waals surface area contributed by atoms with Crippen molar-refractivity contribution < 1.29 is 0 Å². The van der Waals surface area contributed by atoms with E-state index < -0.39 is 0 Å². The van der Waals surface area contributed by atoms with Crippen LogP contribution in [0.3, 0.4) is 0 Å². The number of nitrogens with one attached hydrogen (secondary N) is 2. The predicted molar refractivity (Wildman–Crippen MR) is 98.6 cm³/mol. The average Bonchev–Trinajstić information content (AvgIpc) is 2.56. The molecule has 2 rings (SSSR count). The van der Waals surface area contributed by atoms with Crippen LogP contribution in [-0.4, -0.2) is 11.3 Å². The molecule has 23 heavy (non-hydrogen) atoms. The van der Waals surface area contributed by atoms with Crippen molar-refractivity contribution in [1.82, 2.24) is 5.43 Å². The Morgan fingerprint density at radius 1 is 1.13 bits per heavy atom. The van der Waals surface area contributed by atoms with E-state index in [0.29, 0.717) is 16.6 Å². The van der Waals surface area contributed by atoms with Gasteiger partial charge in [-0.15, -0.1) is 0 Å². The van der Waals surface area contributed by atoms with Gasteiger partial charge < -0.3 is 5.32 Å². The molecule has 2 aromatic carbocycles. The highest BCUT2D eigenvalue weighted by Crippen LogP contribution is 2.16. The zero-order valence-electron chi connectivity index (χ0n) is 13.1. The molecule has 0 unspecified atom stereocenters. The van der Waals surface area contributed by atoms with E-state index in [4.69, 9.17) is 17.5 Å². The second kappa shape index (κ2) is 8.06. The van der Waals surface area contributed by atoms with Crippen LogP contribution in [0.4, 0.5) is 5.69 Å². The number of nitriles is 1. The Balaban J connectivity index is 1.86. The Bertz CT molecular complexity index is 725. The lowest BCUT2D eigenvalue weighted by atomic mass is 10.0. The molecule has 0 aliphatic carbocycles. The van der Waals surface area contributed by atoms with Crippen molar-refractivity contribution in [2.75, 3.05) is 5.32 Å². The summed E-state index contributed by atoms with van der Waals surface area (Å²) in [5.41, 5.74) is 6.48. The molecular weight excluding hydrogens is 304 g/mol. The third kappa shape index (κ3) is 5.20. The van der Waals surface area contributed by atoms with Gasteiger partial charge in [0.05, 0.1) is 17.8 Å². The molecule has 0 atom stereocenters.